The highest BCUT2D eigenvalue weighted by atomic mass is 32.1. The topological polar surface area (TPSA) is 96.5 Å². The van der Waals surface area contributed by atoms with Gasteiger partial charge in [0.15, 0.2) is 0 Å². The van der Waals surface area contributed by atoms with Crippen LogP contribution < -0.4 is 16.0 Å². The van der Waals surface area contributed by atoms with Gasteiger partial charge in [0.05, 0.1) is 4.88 Å². The van der Waals surface area contributed by atoms with Gasteiger partial charge in [0.2, 0.25) is 0 Å². The molecule has 2 aromatic carbocycles. The smallest absolute Gasteiger partial charge is 0.407 e. The third-order valence-electron chi connectivity index (χ3n) is 4.18. The zero-order valence-corrected chi connectivity index (χ0v) is 18.9. The lowest BCUT2D eigenvalue weighted by Gasteiger charge is -2.19. The Morgan fingerprint density at radius 2 is 1.53 bits per heavy atom. The molecule has 7 nitrogen and oxygen atoms in total. The van der Waals surface area contributed by atoms with E-state index in [2.05, 4.69) is 16.0 Å². The molecule has 0 saturated heterocycles. The Hall–Kier alpha value is -3.65. The maximum absolute atomic E-state index is 12.6. The van der Waals surface area contributed by atoms with Crippen LogP contribution in [-0.2, 0) is 11.3 Å². The van der Waals surface area contributed by atoms with Crippen molar-refractivity contribution in [3.05, 3.63) is 82.0 Å². The standard InChI is InChI=1S/C24H25N3O4S/c1-24(2,3)31-23(30)25-15-16-9-11-17(12-10-16)21(28)26-18-6-4-7-19(14-18)27-22(29)20-8-5-13-32-20/h4-14H,15H2,1-3H3,(H,25,30)(H,26,28)(H,27,29). The highest BCUT2D eigenvalue weighted by Gasteiger charge is 2.16. The molecule has 0 aliphatic rings. The Balaban J connectivity index is 1.55. The number of hydrogen-bond acceptors (Lipinski definition) is 5. The quantitative estimate of drug-likeness (QED) is 0.475. The molecule has 32 heavy (non-hydrogen) atoms. The summed E-state index contributed by atoms with van der Waals surface area (Å²) in [6.07, 6.45) is -0.495. The first kappa shape index (κ1) is 23.0. The van der Waals surface area contributed by atoms with Gasteiger partial charge in [-0.3, -0.25) is 9.59 Å². The predicted molar refractivity (Wildman–Crippen MR) is 126 cm³/mol. The molecule has 8 heteroatoms. The molecule has 1 heterocycles. The van der Waals surface area contributed by atoms with E-state index in [-0.39, 0.29) is 11.8 Å². The Morgan fingerprint density at radius 3 is 2.12 bits per heavy atom. The Labute approximate surface area is 190 Å². The lowest BCUT2D eigenvalue weighted by atomic mass is 10.1. The molecule has 3 amide bonds. The second-order valence-corrected chi connectivity index (χ2v) is 8.97. The van der Waals surface area contributed by atoms with E-state index in [0.29, 0.717) is 28.4 Å². The average Bonchev–Trinajstić information content (AvgIpc) is 3.27. The summed E-state index contributed by atoms with van der Waals surface area (Å²) in [6, 6.07) is 17.4. The van der Waals surface area contributed by atoms with Crippen molar-refractivity contribution < 1.29 is 19.1 Å². The summed E-state index contributed by atoms with van der Waals surface area (Å²) in [4.78, 5) is 37.1. The molecule has 0 atom stereocenters. The van der Waals surface area contributed by atoms with Crippen molar-refractivity contribution in [3.8, 4) is 0 Å². The number of rotatable bonds is 6. The summed E-state index contributed by atoms with van der Waals surface area (Å²) in [5.74, 6) is -0.475. The Morgan fingerprint density at radius 1 is 0.875 bits per heavy atom. The molecular weight excluding hydrogens is 426 g/mol. The number of anilines is 2. The van der Waals surface area contributed by atoms with Gasteiger partial charge in [-0.2, -0.15) is 0 Å². The third kappa shape index (κ3) is 6.95. The van der Waals surface area contributed by atoms with E-state index in [1.807, 2.05) is 11.4 Å². The molecule has 0 fully saturated rings. The number of carbonyl (C=O) groups is 3. The van der Waals surface area contributed by atoms with Crippen LogP contribution in [0.3, 0.4) is 0 Å². The van der Waals surface area contributed by atoms with Crippen molar-refractivity contribution in [2.75, 3.05) is 10.6 Å². The van der Waals surface area contributed by atoms with E-state index in [1.54, 1.807) is 75.4 Å². The molecular formula is C24H25N3O4S. The molecule has 0 aliphatic carbocycles. The monoisotopic (exact) mass is 451 g/mol. The minimum absolute atomic E-state index is 0.195. The van der Waals surface area contributed by atoms with Gasteiger partial charge < -0.3 is 20.7 Å². The van der Waals surface area contributed by atoms with Crippen LogP contribution in [0.5, 0.6) is 0 Å². The summed E-state index contributed by atoms with van der Waals surface area (Å²) in [7, 11) is 0. The zero-order chi connectivity index (χ0) is 23.1. The van der Waals surface area contributed by atoms with Gasteiger partial charge in [0.1, 0.15) is 5.60 Å². The Bertz CT molecular complexity index is 1090. The van der Waals surface area contributed by atoms with E-state index in [4.69, 9.17) is 4.74 Å². The number of amides is 3. The van der Waals surface area contributed by atoms with Crippen LogP contribution in [0, 0.1) is 0 Å². The number of nitrogens with one attached hydrogen (secondary N) is 3. The predicted octanol–water partition coefficient (Wildman–Crippen LogP) is 5.28. The van der Waals surface area contributed by atoms with Gasteiger partial charge in [0.25, 0.3) is 11.8 Å². The fraction of sp³-hybridized carbons (Fsp3) is 0.208. The Kier molecular flexibility index (Phi) is 7.27. The van der Waals surface area contributed by atoms with Crippen molar-refractivity contribution in [3.63, 3.8) is 0 Å². The van der Waals surface area contributed by atoms with Gasteiger partial charge in [-0.05, 0) is 68.1 Å². The van der Waals surface area contributed by atoms with Crippen molar-refractivity contribution in [1.29, 1.82) is 0 Å². The van der Waals surface area contributed by atoms with E-state index in [1.165, 1.54) is 11.3 Å². The summed E-state index contributed by atoms with van der Waals surface area (Å²) < 4.78 is 5.20. The van der Waals surface area contributed by atoms with Crippen molar-refractivity contribution in [1.82, 2.24) is 5.32 Å². The molecule has 0 unspecified atom stereocenters. The first-order chi connectivity index (χ1) is 15.2. The molecule has 0 radical (unpaired) electrons. The minimum Gasteiger partial charge on any atom is -0.444 e. The maximum Gasteiger partial charge on any atom is 0.407 e. The molecule has 0 spiro atoms. The van der Waals surface area contributed by atoms with Gasteiger partial charge in [-0.15, -0.1) is 11.3 Å². The van der Waals surface area contributed by atoms with Crippen LogP contribution in [0.25, 0.3) is 0 Å². The van der Waals surface area contributed by atoms with Crippen molar-refractivity contribution in [2.45, 2.75) is 32.9 Å². The van der Waals surface area contributed by atoms with Gasteiger partial charge in [-0.25, -0.2) is 4.79 Å². The summed E-state index contributed by atoms with van der Waals surface area (Å²) in [5.41, 5.74) is 1.90. The first-order valence-corrected chi connectivity index (χ1v) is 10.9. The fourth-order valence-corrected chi connectivity index (χ4v) is 3.36. The van der Waals surface area contributed by atoms with Crippen LogP contribution >= 0.6 is 11.3 Å². The van der Waals surface area contributed by atoms with Crippen molar-refractivity contribution >= 4 is 40.6 Å². The molecule has 0 aliphatic heterocycles. The van der Waals surface area contributed by atoms with Gasteiger partial charge in [-0.1, -0.05) is 24.3 Å². The average molecular weight is 452 g/mol. The van der Waals surface area contributed by atoms with Crippen LogP contribution in [0.4, 0.5) is 16.2 Å². The number of benzene rings is 2. The van der Waals surface area contributed by atoms with E-state index in [9.17, 15) is 14.4 Å². The number of ether oxygens (including phenoxy) is 1. The SMILES string of the molecule is CC(C)(C)OC(=O)NCc1ccc(C(=O)Nc2cccc(NC(=O)c3cccs3)c2)cc1. The van der Waals surface area contributed by atoms with Crippen LogP contribution in [-0.4, -0.2) is 23.5 Å². The second-order valence-electron chi connectivity index (χ2n) is 8.02. The molecule has 3 rings (SSSR count). The lowest BCUT2D eigenvalue weighted by Crippen LogP contribution is -2.32. The van der Waals surface area contributed by atoms with Crippen LogP contribution in [0.2, 0.25) is 0 Å². The number of alkyl carbamates (subject to hydrolysis) is 1. The van der Waals surface area contributed by atoms with Gasteiger partial charge in [0, 0.05) is 23.5 Å². The second kappa shape index (κ2) is 10.1. The largest absolute Gasteiger partial charge is 0.444 e. The highest BCUT2D eigenvalue weighted by Crippen LogP contribution is 2.18. The normalized spacial score (nSPS) is 10.8. The van der Waals surface area contributed by atoms with E-state index in [0.717, 1.165) is 5.56 Å². The number of hydrogen-bond donors (Lipinski definition) is 3. The first-order valence-electron chi connectivity index (χ1n) is 10.0. The van der Waals surface area contributed by atoms with Gasteiger partial charge >= 0.3 is 6.09 Å². The molecule has 0 bridgehead atoms. The summed E-state index contributed by atoms with van der Waals surface area (Å²) >= 11 is 1.36. The lowest BCUT2D eigenvalue weighted by molar-refractivity contribution is 0.0523. The molecule has 1 aromatic heterocycles. The summed E-state index contributed by atoms with van der Waals surface area (Å²) in [6.45, 7) is 5.69. The van der Waals surface area contributed by atoms with Crippen molar-refractivity contribution in [2.24, 2.45) is 0 Å². The molecule has 3 aromatic rings. The minimum atomic E-state index is -0.559. The van der Waals surface area contributed by atoms with Crippen LogP contribution in [0.1, 0.15) is 46.4 Å². The van der Waals surface area contributed by atoms with Crippen LogP contribution in [0.15, 0.2) is 66.0 Å². The van der Waals surface area contributed by atoms with E-state index < -0.39 is 11.7 Å². The summed E-state index contributed by atoms with van der Waals surface area (Å²) in [5, 5.41) is 10.2. The fourth-order valence-electron chi connectivity index (χ4n) is 2.74. The number of carbonyl (C=O) groups excluding carboxylic acids is 3. The third-order valence-corrected chi connectivity index (χ3v) is 5.04. The molecule has 0 saturated carbocycles. The highest BCUT2D eigenvalue weighted by molar-refractivity contribution is 7.12. The number of thiophene rings is 1. The molecule has 166 valence electrons. The zero-order valence-electron chi connectivity index (χ0n) is 18.1. The van der Waals surface area contributed by atoms with E-state index >= 15 is 0 Å². The molecule has 3 N–H and O–H groups in total. The maximum atomic E-state index is 12.6.